The van der Waals surface area contributed by atoms with E-state index in [0.29, 0.717) is 27.9 Å². The molecular weight excluding hydrogens is 368 g/mol. The Morgan fingerprint density at radius 1 is 1.00 bits per heavy atom. The van der Waals surface area contributed by atoms with Gasteiger partial charge < -0.3 is 14.6 Å². The molecular formula is C23H18N2O4. The normalized spacial score (nSPS) is 10.7. The van der Waals surface area contributed by atoms with Gasteiger partial charge in [0.25, 0.3) is 5.91 Å². The molecule has 0 aliphatic carbocycles. The minimum Gasteiger partial charge on any atom is -0.452 e. The van der Waals surface area contributed by atoms with E-state index in [-0.39, 0.29) is 6.61 Å². The predicted molar refractivity (Wildman–Crippen MR) is 110 cm³/mol. The Balaban J connectivity index is 1.46. The monoisotopic (exact) mass is 386 g/mol. The molecule has 0 atom stereocenters. The van der Waals surface area contributed by atoms with Crippen LogP contribution < -0.4 is 5.32 Å². The van der Waals surface area contributed by atoms with E-state index < -0.39 is 11.9 Å². The number of hydrogen-bond donors (Lipinski definition) is 1. The Bertz CT molecular complexity index is 1160. The number of ether oxygens (including phenoxy) is 1. The minimum absolute atomic E-state index is 0.320. The third-order valence-corrected chi connectivity index (χ3v) is 4.42. The van der Waals surface area contributed by atoms with Gasteiger partial charge in [-0.2, -0.15) is 0 Å². The lowest BCUT2D eigenvalue weighted by Gasteiger charge is -2.07. The third kappa shape index (κ3) is 4.16. The maximum absolute atomic E-state index is 12.4. The predicted octanol–water partition coefficient (Wildman–Crippen LogP) is 4.60. The number of fused-ring (bicyclic) bond motifs is 1. The second-order valence-corrected chi connectivity index (χ2v) is 6.60. The fourth-order valence-electron chi connectivity index (χ4n) is 2.91. The van der Waals surface area contributed by atoms with Crippen molar-refractivity contribution in [2.24, 2.45) is 0 Å². The SMILES string of the molecule is Cc1ccc(NC(=O)COC(=O)c2ccc3noc(-c4ccccc4)c3c2)cc1. The molecule has 6 nitrogen and oxygen atoms in total. The first-order valence-electron chi connectivity index (χ1n) is 9.08. The largest absolute Gasteiger partial charge is 0.452 e. The maximum atomic E-state index is 12.4. The van der Waals surface area contributed by atoms with Gasteiger partial charge in [0, 0.05) is 11.3 Å². The number of aromatic nitrogens is 1. The molecule has 0 aliphatic rings. The summed E-state index contributed by atoms with van der Waals surface area (Å²) in [6.07, 6.45) is 0. The highest BCUT2D eigenvalue weighted by atomic mass is 16.5. The van der Waals surface area contributed by atoms with Crippen LogP contribution in [0.25, 0.3) is 22.2 Å². The van der Waals surface area contributed by atoms with Crippen molar-refractivity contribution in [2.75, 3.05) is 11.9 Å². The summed E-state index contributed by atoms with van der Waals surface area (Å²) in [5.41, 5.74) is 3.56. The van der Waals surface area contributed by atoms with Crippen LogP contribution in [-0.4, -0.2) is 23.6 Å². The summed E-state index contributed by atoms with van der Waals surface area (Å²) in [7, 11) is 0. The Hall–Kier alpha value is -3.93. The van der Waals surface area contributed by atoms with Crippen LogP contribution >= 0.6 is 0 Å². The van der Waals surface area contributed by atoms with Gasteiger partial charge in [0.05, 0.1) is 10.9 Å². The molecule has 0 saturated carbocycles. The van der Waals surface area contributed by atoms with Crippen LogP contribution in [0.4, 0.5) is 5.69 Å². The second-order valence-electron chi connectivity index (χ2n) is 6.60. The molecule has 0 fully saturated rings. The smallest absolute Gasteiger partial charge is 0.338 e. The van der Waals surface area contributed by atoms with Crippen LogP contribution in [0.3, 0.4) is 0 Å². The average Bonchev–Trinajstić information content (AvgIpc) is 3.17. The van der Waals surface area contributed by atoms with E-state index in [1.54, 1.807) is 30.3 Å². The summed E-state index contributed by atoms with van der Waals surface area (Å²) in [5, 5.41) is 7.43. The number of hydrogen-bond acceptors (Lipinski definition) is 5. The molecule has 1 N–H and O–H groups in total. The lowest BCUT2D eigenvalue weighted by molar-refractivity contribution is -0.119. The molecule has 0 saturated heterocycles. The molecule has 6 heteroatoms. The van der Waals surface area contributed by atoms with Crippen molar-refractivity contribution in [1.82, 2.24) is 5.16 Å². The van der Waals surface area contributed by atoms with Crippen LogP contribution in [0.2, 0.25) is 0 Å². The van der Waals surface area contributed by atoms with Crippen LogP contribution in [-0.2, 0) is 9.53 Å². The van der Waals surface area contributed by atoms with Crippen LogP contribution in [0, 0.1) is 6.92 Å². The second kappa shape index (κ2) is 7.98. The van der Waals surface area contributed by atoms with E-state index in [4.69, 9.17) is 9.26 Å². The molecule has 0 aliphatic heterocycles. The highest BCUT2D eigenvalue weighted by molar-refractivity contribution is 6.00. The molecule has 29 heavy (non-hydrogen) atoms. The molecule has 144 valence electrons. The van der Waals surface area contributed by atoms with Gasteiger partial charge in [-0.3, -0.25) is 4.79 Å². The lowest BCUT2D eigenvalue weighted by atomic mass is 10.1. The highest BCUT2D eigenvalue weighted by Gasteiger charge is 2.15. The molecule has 0 spiro atoms. The number of nitrogens with one attached hydrogen (secondary N) is 1. The number of carbonyl (C=O) groups is 2. The number of carbonyl (C=O) groups excluding carboxylic acids is 2. The van der Waals surface area contributed by atoms with Gasteiger partial charge in [-0.15, -0.1) is 0 Å². The first kappa shape index (κ1) is 18.4. The van der Waals surface area contributed by atoms with Gasteiger partial charge in [-0.25, -0.2) is 4.79 Å². The highest BCUT2D eigenvalue weighted by Crippen LogP contribution is 2.29. The first-order valence-corrected chi connectivity index (χ1v) is 9.08. The fraction of sp³-hybridized carbons (Fsp3) is 0.0870. The quantitative estimate of drug-likeness (QED) is 0.507. The third-order valence-electron chi connectivity index (χ3n) is 4.42. The van der Waals surface area contributed by atoms with Crippen molar-refractivity contribution in [3.8, 4) is 11.3 Å². The van der Waals surface area contributed by atoms with Gasteiger partial charge in [0.15, 0.2) is 12.4 Å². The molecule has 1 aromatic heterocycles. The summed E-state index contributed by atoms with van der Waals surface area (Å²) in [4.78, 5) is 24.4. The van der Waals surface area contributed by atoms with E-state index in [1.165, 1.54) is 0 Å². The average molecular weight is 386 g/mol. The van der Waals surface area contributed by atoms with Crippen molar-refractivity contribution in [1.29, 1.82) is 0 Å². The Kier molecular flexibility index (Phi) is 5.07. The molecule has 4 aromatic rings. The molecule has 0 radical (unpaired) electrons. The first-order chi connectivity index (χ1) is 14.1. The van der Waals surface area contributed by atoms with E-state index in [1.807, 2.05) is 49.4 Å². The molecule has 3 aromatic carbocycles. The van der Waals surface area contributed by atoms with Crippen molar-refractivity contribution in [2.45, 2.75) is 6.92 Å². The minimum atomic E-state index is -0.592. The lowest BCUT2D eigenvalue weighted by Crippen LogP contribution is -2.20. The summed E-state index contributed by atoms with van der Waals surface area (Å²) < 4.78 is 10.6. The topological polar surface area (TPSA) is 81.4 Å². The summed E-state index contributed by atoms with van der Waals surface area (Å²) in [6, 6.07) is 21.8. The zero-order valence-electron chi connectivity index (χ0n) is 15.7. The number of rotatable bonds is 5. The number of nitrogens with zero attached hydrogens (tertiary/aromatic N) is 1. The van der Waals surface area contributed by atoms with Gasteiger partial charge >= 0.3 is 5.97 Å². The summed E-state index contributed by atoms with van der Waals surface area (Å²) in [6.45, 7) is 1.59. The van der Waals surface area contributed by atoms with Crippen LogP contribution in [0.15, 0.2) is 77.3 Å². The number of benzene rings is 3. The maximum Gasteiger partial charge on any atom is 0.338 e. The van der Waals surface area contributed by atoms with Gasteiger partial charge in [-0.05, 0) is 37.3 Å². The summed E-state index contributed by atoms with van der Waals surface area (Å²) in [5.74, 6) is -0.420. The van der Waals surface area contributed by atoms with E-state index in [2.05, 4.69) is 10.5 Å². The van der Waals surface area contributed by atoms with Crippen molar-refractivity contribution < 1.29 is 18.8 Å². The van der Waals surface area contributed by atoms with Crippen molar-refractivity contribution in [3.63, 3.8) is 0 Å². The van der Waals surface area contributed by atoms with Crippen LogP contribution in [0.5, 0.6) is 0 Å². The van der Waals surface area contributed by atoms with Crippen molar-refractivity contribution in [3.05, 3.63) is 83.9 Å². The zero-order chi connectivity index (χ0) is 20.2. The Morgan fingerprint density at radius 3 is 2.52 bits per heavy atom. The van der Waals surface area contributed by atoms with Crippen LogP contribution in [0.1, 0.15) is 15.9 Å². The number of amides is 1. The number of anilines is 1. The summed E-state index contributed by atoms with van der Waals surface area (Å²) >= 11 is 0. The number of aryl methyl sites for hydroxylation is 1. The molecule has 1 amide bonds. The van der Waals surface area contributed by atoms with E-state index in [0.717, 1.165) is 11.1 Å². The number of esters is 1. The molecule has 0 bridgehead atoms. The van der Waals surface area contributed by atoms with E-state index in [9.17, 15) is 9.59 Å². The van der Waals surface area contributed by atoms with Gasteiger partial charge in [0.1, 0.15) is 5.52 Å². The Morgan fingerprint density at radius 2 is 1.76 bits per heavy atom. The van der Waals surface area contributed by atoms with Crippen molar-refractivity contribution >= 4 is 28.5 Å². The molecule has 4 rings (SSSR count). The molecule has 1 heterocycles. The standard InChI is InChI=1S/C23H18N2O4/c1-15-7-10-18(11-8-15)24-21(26)14-28-23(27)17-9-12-20-19(13-17)22(29-25-20)16-5-3-2-4-6-16/h2-13H,14H2,1H3,(H,24,26). The fourth-order valence-corrected chi connectivity index (χ4v) is 2.91. The molecule has 0 unspecified atom stereocenters. The van der Waals surface area contributed by atoms with Gasteiger partial charge in [0.2, 0.25) is 0 Å². The Labute approximate surface area is 167 Å². The van der Waals surface area contributed by atoms with Gasteiger partial charge in [-0.1, -0.05) is 53.2 Å². The van der Waals surface area contributed by atoms with E-state index >= 15 is 0 Å². The zero-order valence-corrected chi connectivity index (χ0v) is 15.7.